The lowest BCUT2D eigenvalue weighted by Crippen LogP contribution is -2.48. The van der Waals surface area contributed by atoms with Crippen molar-refractivity contribution in [2.45, 2.75) is 32.1 Å². The number of benzene rings is 1. The molecule has 0 aliphatic carbocycles. The van der Waals surface area contributed by atoms with Crippen LogP contribution >= 0.6 is 0 Å². The topological polar surface area (TPSA) is 47.7 Å². The van der Waals surface area contributed by atoms with E-state index in [1.165, 1.54) is 5.56 Å². The smallest absolute Gasteiger partial charge is 0.118 e. The summed E-state index contributed by atoms with van der Waals surface area (Å²) >= 11 is 0. The molecule has 0 amide bonds. The van der Waals surface area contributed by atoms with Crippen LogP contribution in [0.4, 0.5) is 0 Å². The van der Waals surface area contributed by atoms with E-state index in [-0.39, 0.29) is 18.2 Å². The average Bonchev–Trinajstić information content (AvgIpc) is 2.39. The molecule has 1 fully saturated rings. The molecule has 1 aliphatic heterocycles. The van der Waals surface area contributed by atoms with Gasteiger partial charge < -0.3 is 15.2 Å². The van der Waals surface area contributed by atoms with Crippen LogP contribution in [-0.4, -0.2) is 43.9 Å². The third-order valence-corrected chi connectivity index (χ3v) is 3.61. The highest BCUT2D eigenvalue weighted by molar-refractivity contribution is 5.29. The molecule has 1 saturated heterocycles. The molecule has 3 atom stereocenters. The van der Waals surface area contributed by atoms with Crippen LogP contribution in [-0.2, 0) is 4.74 Å². The van der Waals surface area contributed by atoms with Crippen molar-refractivity contribution in [2.75, 3.05) is 26.7 Å². The highest BCUT2D eigenvalue weighted by atomic mass is 16.5. The van der Waals surface area contributed by atoms with Gasteiger partial charge >= 0.3 is 0 Å². The predicted molar refractivity (Wildman–Crippen MR) is 76.4 cm³/mol. The van der Waals surface area contributed by atoms with Gasteiger partial charge in [0.1, 0.15) is 5.75 Å². The summed E-state index contributed by atoms with van der Waals surface area (Å²) < 4.78 is 11.0. The van der Waals surface area contributed by atoms with Crippen LogP contribution in [0.25, 0.3) is 0 Å². The van der Waals surface area contributed by atoms with Crippen molar-refractivity contribution in [2.24, 2.45) is 5.73 Å². The molecule has 0 saturated carbocycles. The minimum absolute atomic E-state index is 0.250. The molecule has 4 nitrogen and oxygen atoms in total. The summed E-state index contributed by atoms with van der Waals surface area (Å²) in [5.74, 6) is 0.878. The summed E-state index contributed by atoms with van der Waals surface area (Å²) in [4.78, 5) is 2.42. The number of morpholine rings is 1. The van der Waals surface area contributed by atoms with Gasteiger partial charge in [-0.05, 0) is 31.5 Å². The second-order valence-electron chi connectivity index (χ2n) is 5.24. The Hall–Kier alpha value is -1.10. The molecule has 0 unspecified atom stereocenters. The number of nitrogens with two attached hydrogens (primary N) is 1. The predicted octanol–water partition coefficient (Wildman–Crippen LogP) is 1.80. The molecule has 4 heteroatoms. The highest BCUT2D eigenvalue weighted by Crippen LogP contribution is 2.25. The number of ether oxygens (including phenoxy) is 2. The van der Waals surface area contributed by atoms with Crippen molar-refractivity contribution in [1.82, 2.24) is 4.90 Å². The lowest BCUT2D eigenvalue weighted by molar-refractivity contribution is -0.0799. The second-order valence-corrected chi connectivity index (χ2v) is 5.24. The summed E-state index contributed by atoms with van der Waals surface area (Å²) in [6.07, 6.45) is 0.520. The maximum Gasteiger partial charge on any atom is 0.118 e. The first-order valence-corrected chi connectivity index (χ1v) is 6.87. The summed E-state index contributed by atoms with van der Waals surface area (Å²) in [5.41, 5.74) is 7.22. The van der Waals surface area contributed by atoms with E-state index in [0.717, 1.165) is 18.8 Å². The Morgan fingerprint density at radius 2 is 1.84 bits per heavy atom. The largest absolute Gasteiger partial charge is 0.497 e. The Morgan fingerprint density at radius 1 is 1.26 bits per heavy atom. The first kappa shape index (κ1) is 14.3. The monoisotopic (exact) mass is 264 g/mol. The number of rotatable bonds is 4. The van der Waals surface area contributed by atoms with Crippen molar-refractivity contribution >= 4 is 0 Å². The number of hydrogen-bond acceptors (Lipinski definition) is 4. The normalized spacial score (nSPS) is 26.1. The third-order valence-electron chi connectivity index (χ3n) is 3.61. The molecule has 1 aromatic carbocycles. The fourth-order valence-electron chi connectivity index (χ4n) is 2.79. The van der Waals surface area contributed by atoms with Crippen LogP contribution in [0.1, 0.15) is 25.5 Å². The van der Waals surface area contributed by atoms with Crippen molar-refractivity contribution < 1.29 is 9.47 Å². The molecule has 1 aliphatic rings. The minimum Gasteiger partial charge on any atom is -0.497 e. The summed E-state index contributed by atoms with van der Waals surface area (Å²) in [6, 6.07) is 8.43. The number of nitrogens with zero attached hydrogens (tertiary/aromatic N) is 1. The van der Waals surface area contributed by atoms with E-state index in [4.69, 9.17) is 15.2 Å². The van der Waals surface area contributed by atoms with Crippen molar-refractivity contribution in [3.05, 3.63) is 29.8 Å². The van der Waals surface area contributed by atoms with Crippen LogP contribution < -0.4 is 10.5 Å². The first-order valence-electron chi connectivity index (χ1n) is 6.87. The average molecular weight is 264 g/mol. The zero-order chi connectivity index (χ0) is 13.8. The van der Waals surface area contributed by atoms with E-state index in [1.807, 2.05) is 12.1 Å². The maximum absolute atomic E-state index is 5.98. The molecule has 106 valence electrons. The van der Waals surface area contributed by atoms with Crippen LogP contribution in [0.2, 0.25) is 0 Å². The van der Waals surface area contributed by atoms with Crippen molar-refractivity contribution in [3.63, 3.8) is 0 Å². The van der Waals surface area contributed by atoms with E-state index in [0.29, 0.717) is 6.54 Å². The lowest BCUT2D eigenvalue weighted by atomic mass is 10.0. The first-order chi connectivity index (χ1) is 9.13. The number of hydrogen-bond donors (Lipinski definition) is 1. The quantitative estimate of drug-likeness (QED) is 0.901. The molecule has 2 N–H and O–H groups in total. The molecule has 0 aromatic heterocycles. The van der Waals surface area contributed by atoms with Crippen LogP contribution in [0, 0.1) is 0 Å². The Kier molecular flexibility index (Phi) is 4.80. The number of methoxy groups -OCH3 is 1. The highest BCUT2D eigenvalue weighted by Gasteiger charge is 2.28. The summed E-state index contributed by atoms with van der Waals surface area (Å²) in [7, 11) is 1.68. The van der Waals surface area contributed by atoms with Crippen LogP contribution in [0.3, 0.4) is 0 Å². The molecule has 2 rings (SSSR count). The van der Waals surface area contributed by atoms with E-state index in [9.17, 15) is 0 Å². The minimum atomic E-state index is 0.250. The summed E-state index contributed by atoms with van der Waals surface area (Å²) in [6.45, 7) is 6.71. The third kappa shape index (κ3) is 3.47. The molecule has 1 aromatic rings. The second kappa shape index (κ2) is 6.37. The van der Waals surface area contributed by atoms with Gasteiger partial charge in [-0.15, -0.1) is 0 Å². The van der Waals surface area contributed by atoms with E-state index >= 15 is 0 Å². The zero-order valence-corrected chi connectivity index (χ0v) is 12.0. The Morgan fingerprint density at radius 3 is 2.32 bits per heavy atom. The molecule has 19 heavy (non-hydrogen) atoms. The zero-order valence-electron chi connectivity index (χ0n) is 12.0. The molecule has 0 bridgehead atoms. The summed E-state index contributed by atoms with van der Waals surface area (Å²) in [5, 5.41) is 0. The fraction of sp³-hybridized carbons (Fsp3) is 0.600. The SMILES string of the molecule is COc1ccc([C@H](CN)N2C[C@@H](C)O[C@@H](C)C2)cc1. The van der Waals surface area contributed by atoms with Crippen LogP contribution in [0.5, 0.6) is 5.75 Å². The standard InChI is InChI=1S/C15H24N2O2/c1-11-9-17(10-12(2)19-11)15(8-16)13-4-6-14(18-3)7-5-13/h4-7,11-12,15H,8-10,16H2,1-3H3/t11-,12+,15-/m0/s1. The Balaban J connectivity index is 2.13. The lowest BCUT2D eigenvalue weighted by Gasteiger charge is -2.40. The molecule has 1 heterocycles. The molecule has 0 radical (unpaired) electrons. The molecular weight excluding hydrogens is 240 g/mol. The Labute approximate surface area is 115 Å². The van der Waals surface area contributed by atoms with Crippen molar-refractivity contribution in [3.8, 4) is 5.75 Å². The van der Waals surface area contributed by atoms with Gasteiger partial charge in [0, 0.05) is 25.7 Å². The van der Waals surface area contributed by atoms with E-state index < -0.39 is 0 Å². The Bertz CT molecular complexity index is 384. The van der Waals surface area contributed by atoms with Gasteiger partial charge in [-0.3, -0.25) is 4.90 Å². The van der Waals surface area contributed by atoms with Crippen molar-refractivity contribution in [1.29, 1.82) is 0 Å². The van der Waals surface area contributed by atoms with Gasteiger partial charge in [0.2, 0.25) is 0 Å². The van der Waals surface area contributed by atoms with E-state index in [2.05, 4.69) is 30.9 Å². The van der Waals surface area contributed by atoms with Gasteiger partial charge in [-0.2, -0.15) is 0 Å². The van der Waals surface area contributed by atoms with E-state index in [1.54, 1.807) is 7.11 Å². The fourth-order valence-corrected chi connectivity index (χ4v) is 2.79. The van der Waals surface area contributed by atoms with Gasteiger partial charge in [0.05, 0.1) is 19.3 Å². The molecule has 0 spiro atoms. The van der Waals surface area contributed by atoms with Gasteiger partial charge in [-0.1, -0.05) is 12.1 Å². The molecular formula is C15H24N2O2. The maximum atomic E-state index is 5.98. The van der Waals surface area contributed by atoms with Gasteiger partial charge in [0.15, 0.2) is 0 Å². The van der Waals surface area contributed by atoms with Crippen LogP contribution in [0.15, 0.2) is 24.3 Å². The van der Waals surface area contributed by atoms with Gasteiger partial charge in [0.25, 0.3) is 0 Å². The van der Waals surface area contributed by atoms with Gasteiger partial charge in [-0.25, -0.2) is 0 Å².